The summed E-state index contributed by atoms with van der Waals surface area (Å²) in [5.74, 6) is 0. The van der Waals surface area contributed by atoms with E-state index in [1.165, 1.54) is 11.4 Å². The van der Waals surface area contributed by atoms with E-state index < -0.39 is 0 Å². The van der Waals surface area contributed by atoms with Crippen molar-refractivity contribution < 1.29 is 4.74 Å². The highest BCUT2D eigenvalue weighted by Crippen LogP contribution is 2.27. The molecule has 1 saturated heterocycles. The quantitative estimate of drug-likeness (QED) is 0.835. The molecule has 0 amide bonds. The Hall–Kier alpha value is -2.00. The average Bonchev–Trinajstić information content (AvgIpc) is 2.61. The maximum absolute atomic E-state index is 5.79. The van der Waals surface area contributed by atoms with Crippen LogP contribution in [-0.4, -0.2) is 32.5 Å². The van der Waals surface area contributed by atoms with Crippen molar-refractivity contribution in [3.63, 3.8) is 0 Å². The van der Waals surface area contributed by atoms with Crippen LogP contribution >= 0.6 is 0 Å². The van der Waals surface area contributed by atoms with E-state index in [1.54, 1.807) is 0 Å². The van der Waals surface area contributed by atoms with Crippen LogP contribution in [0.25, 0.3) is 0 Å². The van der Waals surface area contributed by atoms with Gasteiger partial charge in [-0.05, 0) is 37.6 Å². The zero-order valence-electron chi connectivity index (χ0n) is 13.2. The van der Waals surface area contributed by atoms with Crippen LogP contribution in [0.4, 0.5) is 11.4 Å². The van der Waals surface area contributed by atoms with Gasteiger partial charge in [0.25, 0.3) is 0 Å². The molecule has 1 fully saturated rings. The van der Waals surface area contributed by atoms with Gasteiger partial charge in [0, 0.05) is 31.1 Å². The van der Waals surface area contributed by atoms with E-state index in [2.05, 4.69) is 77.4 Å². The van der Waals surface area contributed by atoms with Crippen molar-refractivity contribution >= 4 is 11.4 Å². The van der Waals surface area contributed by atoms with Gasteiger partial charge >= 0.3 is 0 Å². The topological polar surface area (TPSA) is 15.7 Å². The molecule has 1 aliphatic heterocycles. The first kappa shape index (κ1) is 14.9. The molecule has 0 bridgehead atoms. The van der Waals surface area contributed by atoms with Crippen LogP contribution in [0.3, 0.4) is 0 Å². The molecule has 1 aliphatic rings. The summed E-state index contributed by atoms with van der Waals surface area (Å²) in [6.07, 6.45) is 1.41. The van der Waals surface area contributed by atoms with E-state index in [1.807, 2.05) is 0 Å². The summed E-state index contributed by atoms with van der Waals surface area (Å²) in [5.41, 5.74) is 2.54. The summed E-state index contributed by atoms with van der Waals surface area (Å²) in [7, 11) is 0. The fraction of sp³-hybridized carbons (Fsp3) is 0.368. The fourth-order valence-corrected chi connectivity index (χ4v) is 3.12. The highest BCUT2D eigenvalue weighted by atomic mass is 16.5. The minimum Gasteiger partial charge on any atom is -0.378 e. The van der Waals surface area contributed by atoms with Crippen molar-refractivity contribution in [3.8, 4) is 0 Å². The minimum absolute atomic E-state index is 0.249. The molecular formula is C19H24N2O. The summed E-state index contributed by atoms with van der Waals surface area (Å²) < 4.78 is 5.79. The predicted octanol–water partition coefficient (Wildman–Crippen LogP) is 3.77. The summed E-state index contributed by atoms with van der Waals surface area (Å²) >= 11 is 0. The normalized spacial score (nSPS) is 16.0. The highest BCUT2D eigenvalue weighted by molar-refractivity contribution is 5.54. The van der Waals surface area contributed by atoms with E-state index >= 15 is 0 Å². The Morgan fingerprint density at radius 1 is 0.864 bits per heavy atom. The molecule has 3 nitrogen and oxygen atoms in total. The number of nitrogens with zero attached hydrogens (tertiary/aromatic N) is 2. The van der Waals surface area contributed by atoms with Gasteiger partial charge < -0.3 is 14.5 Å². The van der Waals surface area contributed by atoms with Gasteiger partial charge in [-0.2, -0.15) is 0 Å². The molecule has 1 heterocycles. The van der Waals surface area contributed by atoms with E-state index in [-0.39, 0.29) is 6.17 Å². The molecule has 2 aromatic rings. The second-order valence-corrected chi connectivity index (χ2v) is 5.55. The van der Waals surface area contributed by atoms with Gasteiger partial charge in [0.1, 0.15) is 6.17 Å². The molecule has 0 aromatic heterocycles. The molecule has 0 aliphatic carbocycles. The van der Waals surface area contributed by atoms with Gasteiger partial charge in [0.15, 0.2) is 0 Å². The van der Waals surface area contributed by atoms with Gasteiger partial charge in [-0.1, -0.05) is 36.4 Å². The van der Waals surface area contributed by atoms with Crippen molar-refractivity contribution in [2.24, 2.45) is 0 Å². The highest BCUT2D eigenvalue weighted by Gasteiger charge is 2.29. The molecule has 116 valence electrons. The molecule has 0 N–H and O–H groups in total. The Kier molecular flexibility index (Phi) is 4.96. The minimum atomic E-state index is 0.249. The monoisotopic (exact) mass is 296 g/mol. The number of ether oxygens (including phenoxy) is 1. The molecule has 3 heteroatoms. The lowest BCUT2D eigenvalue weighted by atomic mass is 10.1. The summed E-state index contributed by atoms with van der Waals surface area (Å²) in [4.78, 5) is 4.93. The van der Waals surface area contributed by atoms with Crippen molar-refractivity contribution in [3.05, 3.63) is 60.7 Å². The Bertz CT molecular complexity index is 511. The average molecular weight is 296 g/mol. The second kappa shape index (κ2) is 7.32. The fourth-order valence-electron chi connectivity index (χ4n) is 3.12. The van der Waals surface area contributed by atoms with Crippen LogP contribution in [0.2, 0.25) is 0 Å². The number of benzene rings is 2. The lowest BCUT2D eigenvalue weighted by molar-refractivity contribution is 0.126. The van der Waals surface area contributed by atoms with Crippen LogP contribution in [0.5, 0.6) is 0 Å². The Morgan fingerprint density at radius 2 is 1.36 bits per heavy atom. The zero-order chi connectivity index (χ0) is 15.2. The van der Waals surface area contributed by atoms with E-state index in [9.17, 15) is 0 Å². The standard InChI is InChI=1S/C19H24N2O/c1-2-22-16-19-20(17-10-5-3-6-11-17)14-9-15-21(19)18-12-7-4-8-13-18/h3-8,10-13,19H,2,9,14-16H2,1H3. The summed E-state index contributed by atoms with van der Waals surface area (Å²) in [6, 6.07) is 21.3. The third-order valence-electron chi connectivity index (χ3n) is 4.16. The van der Waals surface area contributed by atoms with Crippen molar-refractivity contribution in [1.29, 1.82) is 0 Å². The van der Waals surface area contributed by atoms with Crippen LogP contribution in [0, 0.1) is 0 Å². The molecule has 3 rings (SSSR count). The van der Waals surface area contributed by atoms with E-state index in [4.69, 9.17) is 4.74 Å². The Morgan fingerprint density at radius 3 is 1.82 bits per heavy atom. The van der Waals surface area contributed by atoms with E-state index in [0.29, 0.717) is 0 Å². The van der Waals surface area contributed by atoms with Crippen LogP contribution < -0.4 is 9.80 Å². The molecule has 22 heavy (non-hydrogen) atoms. The molecule has 0 saturated carbocycles. The largest absolute Gasteiger partial charge is 0.378 e. The third kappa shape index (κ3) is 3.25. The zero-order valence-corrected chi connectivity index (χ0v) is 13.2. The van der Waals surface area contributed by atoms with Crippen molar-refractivity contribution in [1.82, 2.24) is 0 Å². The smallest absolute Gasteiger partial charge is 0.125 e. The second-order valence-electron chi connectivity index (χ2n) is 5.55. The van der Waals surface area contributed by atoms with Crippen LogP contribution in [0.1, 0.15) is 13.3 Å². The molecule has 2 aromatic carbocycles. The molecule has 0 atom stereocenters. The number of anilines is 2. The van der Waals surface area contributed by atoms with Gasteiger partial charge in [0.2, 0.25) is 0 Å². The predicted molar refractivity (Wildman–Crippen MR) is 92.5 cm³/mol. The van der Waals surface area contributed by atoms with Crippen molar-refractivity contribution in [2.45, 2.75) is 19.5 Å². The van der Waals surface area contributed by atoms with Crippen LogP contribution in [-0.2, 0) is 4.74 Å². The maximum atomic E-state index is 5.79. The Labute approximate surface area is 133 Å². The molecule has 0 spiro atoms. The summed E-state index contributed by atoms with van der Waals surface area (Å²) in [5, 5.41) is 0. The molecular weight excluding hydrogens is 272 g/mol. The first-order valence-electron chi connectivity index (χ1n) is 8.11. The van der Waals surface area contributed by atoms with Crippen molar-refractivity contribution in [2.75, 3.05) is 36.1 Å². The maximum Gasteiger partial charge on any atom is 0.125 e. The van der Waals surface area contributed by atoms with Gasteiger partial charge in [-0.25, -0.2) is 0 Å². The number of para-hydroxylation sites is 2. The third-order valence-corrected chi connectivity index (χ3v) is 4.16. The lowest BCUT2D eigenvalue weighted by Gasteiger charge is -2.46. The summed E-state index contributed by atoms with van der Waals surface area (Å²) in [6.45, 7) is 5.68. The first-order valence-corrected chi connectivity index (χ1v) is 8.11. The van der Waals surface area contributed by atoms with Gasteiger partial charge in [0.05, 0.1) is 6.61 Å². The van der Waals surface area contributed by atoms with E-state index in [0.717, 1.165) is 32.7 Å². The Balaban J connectivity index is 1.89. The first-order chi connectivity index (χ1) is 10.9. The molecule has 0 radical (unpaired) electrons. The lowest BCUT2D eigenvalue weighted by Crippen LogP contribution is -2.56. The number of hydrogen-bond acceptors (Lipinski definition) is 3. The number of hydrogen-bond donors (Lipinski definition) is 0. The van der Waals surface area contributed by atoms with Crippen LogP contribution in [0.15, 0.2) is 60.7 Å². The van der Waals surface area contributed by atoms with Gasteiger partial charge in [-0.3, -0.25) is 0 Å². The SMILES string of the molecule is CCOCC1N(c2ccccc2)CCCN1c1ccccc1. The number of rotatable bonds is 5. The molecule has 0 unspecified atom stereocenters. The van der Waals surface area contributed by atoms with Gasteiger partial charge in [-0.15, -0.1) is 0 Å².